The van der Waals surface area contributed by atoms with Gasteiger partial charge in [0.05, 0.1) is 10.3 Å². The molecule has 0 saturated carbocycles. The number of benzene rings is 1. The van der Waals surface area contributed by atoms with Gasteiger partial charge >= 0.3 is 0 Å². The summed E-state index contributed by atoms with van der Waals surface area (Å²) in [6.07, 6.45) is 0. The van der Waals surface area contributed by atoms with Gasteiger partial charge < -0.3 is 11.1 Å². The summed E-state index contributed by atoms with van der Waals surface area (Å²) in [7, 11) is -0.606. The minimum absolute atomic E-state index is 0. The molecule has 6 nitrogen and oxygen atoms in total. The van der Waals surface area contributed by atoms with Gasteiger partial charge in [0.25, 0.3) is 0 Å². The van der Waals surface area contributed by atoms with Gasteiger partial charge in [-0.05, 0) is 32.0 Å². The monoisotopic (exact) mass is 335 g/mol. The fourth-order valence-corrected chi connectivity index (χ4v) is 2.29. The van der Waals surface area contributed by atoms with Crippen LogP contribution in [0.15, 0.2) is 29.2 Å². The van der Waals surface area contributed by atoms with Crippen LogP contribution in [0.2, 0.25) is 0 Å². The molecule has 8 heteroatoms. The van der Waals surface area contributed by atoms with E-state index < -0.39 is 15.4 Å². The van der Waals surface area contributed by atoms with E-state index in [-0.39, 0.29) is 29.8 Å². The Morgan fingerprint density at radius 1 is 1.33 bits per heavy atom. The Morgan fingerprint density at radius 3 is 2.38 bits per heavy atom. The second kappa shape index (κ2) is 7.22. The lowest BCUT2D eigenvalue weighted by Gasteiger charge is -2.21. The zero-order valence-corrected chi connectivity index (χ0v) is 14.2. The molecule has 0 aliphatic heterocycles. The normalized spacial score (nSPS) is 11.9. The lowest BCUT2D eigenvalue weighted by Crippen LogP contribution is -2.37. The van der Waals surface area contributed by atoms with Crippen molar-refractivity contribution in [1.29, 1.82) is 0 Å². The first kappa shape index (κ1) is 19.9. The number of anilines is 1. The highest BCUT2D eigenvalue weighted by atomic mass is 35.5. The predicted molar refractivity (Wildman–Crippen MR) is 86.0 cm³/mol. The Morgan fingerprint density at radius 2 is 1.90 bits per heavy atom. The van der Waals surface area contributed by atoms with Crippen LogP contribution in [0.4, 0.5) is 5.69 Å². The van der Waals surface area contributed by atoms with Crippen LogP contribution in [0, 0.1) is 5.41 Å². The Labute approximate surface area is 132 Å². The average molecular weight is 336 g/mol. The van der Waals surface area contributed by atoms with Gasteiger partial charge in [0, 0.05) is 26.3 Å². The van der Waals surface area contributed by atoms with E-state index in [4.69, 9.17) is 5.73 Å². The molecule has 0 aromatic heterocycles. The second-order valence-electron chi connectivity index (χ2n) is 5.36. The minimum Gasteiger partial charge on any atom is -0.329 e. The molecule has 1 aromatic rings. The van der Waals surface area contributed by atoms with E-state index >= 15 is 0 Å². The second-order valence-corrected chi connectivity index (χ2v) is 7.51. The maximum Gasteiger partial charge on any atom is 0.242 e. The maximum absolute atomic E-state index is 12.0. The van der Waals surface area contributed by atoms with Crippen LogP contribution in [-0.2, 0) is 14.8 Å². The van der Waals surface area contributed by atoms with Crippen LogP contribution in [0.3, 0.4) is 0 Å². The zero-order chi connectivity index (χ0) is 15.6. The summed E-state index contributed by atoms with van der Waals surface area (Å²) in [4.78, 5) is 12.1. The van der Waals surface area contributed by atoms with Crippen LogP contribution >= 0.6 is 12.4 Å². The topological polar surface area (TPSA) is 92.5 Å². The third-order valence-electron chi connectivity index (χ3n) is 3.00. The number of nitrogens with one attached hydrogen (secondary N) is 1. The molecular weight excluding hydrogens is 314 g/mol. The molecule has 0 aliphatic carbocycles. The first-order chi connectivity index (χ1) is 9.11. The molecule has 1 aromatic carbocycles. The van der Waals surface area contributed by atoms with Crippen LogP contribution < -0.4 is 11.1 Å². The molecule has 1 rings (SSSR count). The van der Waals surface area contributed by atoms with Crippen molar-refractivity contribution in [3.05, 3.63) is 24.3 Å². The lowest BCUT2D eigenvalue weighted by molar-refractivity contribution is -0.123. The number of carbonyl (C=O) groups excluding carboxylic acids is 1. The number of halogens is 1. The van der Waals surface area contributed by atoms with Gasteiger partial charge in [0.2, 0.25) is 15.9 Å². The molecule has 0 spiro atoms. The SMILES string of the molecule is CN(C)S(=O)(=O)c1cccc(NC(=O)C(C)(C)CN)c1.Cl. The van der Waals surface area contributed by atoms with Crippen molar-refractivity contribution >= 4 is 34.0 Å². The Balaban J connectivity index is 0.00000400. The van der Waals surface area contributed by atoms with Crippen molar-refractivity contribution in [2.24, 2.45) is 11.1 Å². The third kappa shape index (κ3) is 4.67. The average Bonchev–Trinajstić information content (AvgIpc) is 2.38. The van der Waals surface area contributed by atoms with Gasteiger partial charge in [-0.3, -0.25) is 4.79 Å². The number of sulfonamides is 1. The molecule has 0 heterocycles. The summed E-state index contributed by atoms with van der Waals surface area (Å²) in [5.41, 5.74) is 5.25. The molecule has 0 radical (unpaired) electrons. The maximum atomic E-state index is 12.0. The van der Waals surface area contributed by atoms with Crippen molar-refractivity contribution in [3.8, 4) is 0 Å². The number of rotatable bonds is 5. The smallest absolute Gasteiger partial charge is 0.242 e. The number of carbonyl (C=O) groups is 1. The van der Waals surface area contributed by atoms with Crippen LogP contribution in [0.25, 0.3) is 0 Å². The molecule has 3 N–H and O–H groups in total. The lowest BCUT2D eigenvalue weighted by atomic mass is 9.92. The van der Waals surface area contributed by atoms with Gasteiger partial charge in [0.15, 0.2) is 0 Å². The Hall–Kier alpha value is -1.15. The largest absolute Gasteiger partial charge is 0.329 e. The zero-order valence-electron chi connectivity index (χ0n) is 12.6. The van der Waals surface area contributed by atoms with Crippen LogP contribution in [-0.4, -0.2) is 39.3 Å². The molecule has 0 aliphatic rings. The molecule has 0 unspecified atom stereocenters. The van der Waals surface area contributed by atoms with Gasteiger partial charge in [-0.25, -0.2) is 12.7 Å². The number of nitrogens with two attached hydrogens (primary N) is 1. The number of hydrogen-bond donors (Lipinski definition) is 2. The number of hydrogen-bond acceptors (Lipinski definition) is 4. The molecule has 0 saturated heterocycles. The van der Waals surface area contributed by atoms with E-state index in [1.807, 2.05) is 0 Å². The summed E-state index contributed by atoms with van der Waals surface area (Å²) in [5, 5.41) is 2.68. The number of nitrogens with zero attached hydrogens (tertiary/aromatic N) is 1. The highest BCUT2D eigenvalue weighted by molar-refractivity contribution is 7.89. The minimum atomic E-state index is -3.52. The standard InChI is InChI=1S/C13H21N3O3S.ClH/c1-13(2,9-14)12(17)15-10-6-5-7-11(8-10)20(18,19)16(3)4;/h5-8H,9,14H2,1-4H3,(H,15,17);1H. The quantitative estimate of drug-likeness (QED) is 0.847. The fourth-order valence-electron chi connectivity index (χ4n) is 1.34. The summed E-state index contributed by atoms with van der Waals surface area (Å²) < 4.78 is 25.2. The molecule has 1 amide bonds. The van der Waals surface area contributed by atoms with E-state index in [1.165, 1.54) is 26.2 Å². The molecule has 21 heavy (non-hydrogen) atoms. The first-order valence-electron chi connectivity index (χ1n) is 6.15. The van der Waals surface area contributed by atoms with E-state index in [1.54, 1.807) is 26.0 Å². The van der Waals surface area contributed by atoms with E-state index in [9.17, 15) is 13.2 Å². The summed E-state index contributed by atoms with van der Waals surface area (Å²) in [5.74, 6) is -0.251. The molecule has 0 bridgehead atoms. The van der Waals surface area contributed by atoms with E-state index in [2.05, 4.69) is 5.32 Å². The van der Waals surface area contributed by atoms with Gasteiger partial charge in [-0.15, -0.1) is 12.4 Å². The van der Waals surface area contributed by atoms with Crippen molar-refractivity contribution in [2.45, 2.75) is 18.7 Å². The molecule has 120 valence electrons. The van der Waals surface area contributed by atoms with E-state index in [0.29, 0.717) is 5.69 Å². The van der Waals surface area contributed by atoms with Crippen LogP contribution in [0.1, 0.15) is 13.8 Å². The van der Waals surface area contributed by atoms with Gasteiger partial charge in [-0.1, -0.05) is 6.07 Å². The molecular formula is C13H22ClN3O3S. The van der Waals surface area contributed by atoms with Crippen molar-refractivity contribution in [2.75, 3.05) is 26.0 Å². The number of amides is 1. The Kier molecular flexibility index (Phi) is 6.82. The highest BCUT2D eigenvalue weighted by Crippen LogP contribution is 2.21. The fraction of sp³-hybridized carbons (Fsp3) is 0.462. The summed E-state index contributed by atoms with van der Waals surface area (Å²) in [6.45, 7) is 3.65. The summed E-state index contributed by atoms with van der Waals surface area (Å²) >= 11 is 0. The summed E-state index contributed by atoms with van der Waals surface area (Å²) in [6, 6.07) is 6.14. The predicted octanol–water partition coefficient (Wildman–Crippen LogP) is 1.28. The Bertz CT molecular complexity index is 600. The third-order valence-corrected chi connectivity index (χ3v) is 4.81. The van der Waals surface area contributed by atoms with E-state index in [0.717, 1.165) is 4.31 Å². The van der Waals surface area contributed by atoms with Gasteiger partial charge in [-0.2, -0.15) is 0 Å². The first-order valence-corrected chi connectivity index (χ1v) is 7.59. The molecule has 0 fully saturated rings. The van der Waals surface area contributed by atoms with Gasteiger partial charge in [0.1, 0.15) is 0 Å². The van der Waals surface area contributed by atoms with Crippen molar-refractivity contribution in [3.63, 3.8) is 0 Å². The highest BCUT2D eigenvalue weighted by Gasteiger charge is 2.26. The van der Waals surface area contributed by atoms with Crippen molar-refractivity contribution in [1.82, 2.24) is 4.31 Å². The molecule has 0 atom stereocenters. The van der Waals surface area contributed by atoms with Crippen molar-refractivity contribution < 1.29 is 13.2 Å². The van der Waals surface area contributed by atoms with Crippen LogP contribution in [0.5, 0.6) is 0 Å².